The maximum atomic E-state index is 5.89. The van der Waals surface area contributed by atoms with Crippen molar-refractivity contribution in [2.75, 3.05) is 0 Å². The summed E-state index contributed by atoms with van der Waals surface area (Å²) in [6.07, 6.45) is 9.38. The number of aromatic nitrogens is 5. The molecule has 1 unspecified atom stereocenters. The first-order chi connectivity index (χ1) is 8.29. The Morgan fingerprint density at radius 1 is 1.41 bits per heavy atom. The van der Waals surface area contributed by atoms with Crippen LogP contribution in [0.1, 0.15) is 31.5 Å². The SMILES string of the molecule is CCC(N)c1cn(CCCn2ccnc2)nn1. The molecule has 0 spiro atoms. The van der Waals surface area contributed by atoms with Gasteiger partial charge in [0.25, 0.3) is 0 Å². The van der Waals surface area contributed by atoms with Gasteiger partial charge >= 0.3 is 0 Å². The highest BCUT2D eigenvalue weighted by molar-refractivity contribution is 4.98. The molecule has 2 heterocycles. The van der Waals surface area contributed by atoms with E-state index in [0.29, 0.717) is 0 Å². The zero-order valence-corrected chi connectivity index (χ0v) is 10.0. The molecule has 0 aliphatic carbocycles. The first kappa shape index (κ1) is 11.8. The number of hydrogen-bond donors (Lipinski definition) is 1. The van der Waals surface area contributed by atoms with Gasteiger partial charge in [-0.2, -0.15) is 0 Å². The molecule has 2 rings (SSSR count). The fraction of sp³-hybridized carbons (Fsp3) is 0.545. The molecule has 2 N–H and O–H groups in total. The fourth-order valence-electron chi connectivity index (χ4n) is 1.64. The second-order valence-electron chi connectivity index (χ2n) is 4.08. The molecule has 17 heavy (non-hydrogen) atoms. The van der Waals surface area contributed by atoms with Gasteiger partial charge in [0.2, 0.25) is 0 Å². The van der Waals surface area contributed by atoms with Crippen LogP contribution < -0.4 is 5.73 Å². The lowest BCUT2D eigenvalue weighted by Gasteiger charge is -2.03. The Labute approximate surface area is 100 Å². The quantitative estimate of drug-likeness (QED) is 0.808. The molecule has 0 aliphatic rings. The van der Waals surface area contributed by atoms with Crippen LogP contribution in [0.25, 0.3) is 0 Å². The predicted molar refractivity (Wildman–Crippen MR) is 64.1 cm³/mol. The molecular weight excluding hydrogens is 216 g/mol. The van der Waals surface area contributed by atoms with Crippen molar-refractivity contribution in [3.63, 3.8) is 0 Å². The summed E-state index contributed by atoms with van der Waals surface area (Å²) in [4.78, 5) is 4.00. The minimum atomic E-state index is -0.00241. The third kappa shape index (κ3) is 3.13. The van der Waals surface area contributed by atoms with Crippen LogP contribution in [0.2, 0.25) is 0 Å². The number of rotatable bonds is 6. The lowest BCUT2D eigenvalue weighted by Crippen LogP contribution is -2.08. The molecule has 0 bridgehead atoms. The van der Waals surface area contributed by atoms with Crippen LogP contribution in [0.4, 0.5) is 0 Å². The van der Waals surface area contributed by atoms with Crippen molar-refractivity contribution in [2.45, 2.75) is 38.9 Å². The van der Waals surface area contributed by atoms with E-state index in [0.717, 1.165) is 31.6 Å². The van der Waals surface area contributed by atoms with Crippen LogP contribution in [0.5, 0.6) is 0 Å². The van der Waals surface area contributed by atoms with Crippen LogP contribution >= 0.6 is 0 Å². The topological polar surface area (TPSA) is 74.5 Å². The Kier molecular flexibility index (Phi) is 3.87. The first-order valence-electron chi connectivity index (χ1n) is 5.91. The van der Waals surface area contributed by atoms with Gasteiger partial charge in [0.1, 0.15) is 0 Å². The lowest BCUT2D eigenvalue weighted by molar-refractivity contribution is 0.514. The van der Waals surface area contributed by atoms with E-state index in [4.69, 9.17) is 5.73 Å². The van der Waals surface area contributed by atoms with Gasteiger partial charge in [0, 0.05) is 25.5 Å². The molecular formula is C11H18N6. The number of nitrogens with two attached hydrogens (primary N) is 1. The molecule has 0 aliphatic heterocycles. The van der Waals surface area contributed by atoms with Crippen LogP contribution in [0, 0.1) is 0 Å². The average Bonchev–Trinajstić information content (AvgIpc) is 2.99. The first-order valence-corrected chi connectivity index (χ1v) is 5.91. The summed E-state index contributed by atoms with van der Waals surface area (Å²) in [5, 5.41) is 8.14. The Bertz CT molecular complexity index is 433. The number of imidazole rings is 1. The van der Waals surface area contributed by atoms with Gasteiger partial charge in [-0.25, -0.2) is 4.98 Å². The smallest absolute Gasteiger partial charge is 0.0993 e. The number of nitrogens with zero attached hydrogens (tertiary/aromatic N) is 5. The molecule has 0 aromatic carbocycles. The standard InChI is InChI=1S/C11H18N6/c1-2-10(12)11-8-17(15-14-11)6-3-5-16-7-4-13-9-16/h4,7-10H,2-3,5-6,12H2,1H3. The van der Waals surface area contributed by atoms with E-state index in [1.807, 2.05) is 30.3 Å². The van der Waals surface area contributed by atoms with Gasteiger partial charge in [-0.1, -0.05) is 12.1 Å². The summed E-state index contributed by atoms with van der Waals surface area (Å²) < 4.78 is 3.90. The van der Waals surface area contributed by atoms with E-state index in [1.54, 1.807) is 6.20 Å². The van der Waals surface area contributed by atoms with E-state index in [2.05, 4.69) is 19.9 Å². The van der Waals surface area contributed by atoms with Gasteiger partial charge in [-0.05, 0) is 12.8 Å². The van der Waals surface area contributed by atoms with E-state index in [1.165, 1.54) is 0 Å². The van der Waals surface area contributed by atoms with Gasteiger partial charge < -0.3 is 10.3 Å². The molecule has 0 radical (unpaired) electrons. The lowest BCUT2D eigenvalue weighted by atomic mass is 10.2. The van der Waals surface area contributed by atoms with Crippen LogP contribution in [-0.4, -0.2) is 24.5 Å². The molecule has 6 nitrogen and oxygen atoms in total. The number of hydrogen-bond acceptors (Lipinski definition) is 4. The normalized spacial score (nSPS) is 12.8. The second-order valence-corrected chi connectivity index (χ2v) is 4.08. The molecule has 2 aromatic heterocycles. The van der Waals surface area contributed by atoms with Crippen LogP contribution in [0.15, 0.2) is 24.9 Å². The Hall–Kier alpha value is -1.69. The average molecular weight is 234 g/mol. The summed E-state index contributed by atoms with van der Waals surface area (Å²) in [6.45, 7) is 3.83. The van der Waals surface area contributed by atoms with Crippen molar-refractivity contribution in [2.24, 2.45) is 5.73 Å². The van der Waals surface area contributed by atoms with Gasteiger partial charge in [0.05, 0.1) is 24.3 Å². The van der Waals surface area contributed by atoms with Crippen molar-refractivity contribution < 1.29 is 0 Å². The largest absolute Gasteiger partial charge is 0.337 e. The predicted octanol–water partition coefficient (Wildman–Crippen LogP) is 0.975. The number of aryl methyl sites for hydroxylation is 2. The van der Waals surface area contributed by atoms with Gasteiger partial charge in [-0.15, -0.1) is 5.10 Å². The molecule has 2 aromatic rings. The second kappa shape index (κ2) is 5.58. The van der Waals surface area contributed by atoms with Crippen LogP contribution in [-0.2, 0) is 13.1 Å². The van der Waals surface area contributed by atoms with Crippen molar-refractivity contribution in [1.82, 2.24) is 24.5 Å². The Morgan fingerprint density at radius 3 is 3.00 bits per heavy atom. The van der Waals surface area contributed by atoms with Crippen molar-refractivity contribution in [3.8, 4) is 0 Å². The van der Waals surface area contributed by atoms with E-state index >= 15 is 0 Å². The van der Waals surface area contributed by atoms with E-state index < -0.39 is 0 Å². The Balaban J connectivity index is 1.81. The van der Waals surface area contributed by atoms with Crippen molar-refractivity contribution >= 4 is 0 Å². The summed E-state index contributed by atoms with van der Waals surface area (Å²) in [6, 6.07) is -0.00241. The molecule has 92 valence electrons. The summed E-state index contributed by atoms with van der Waals surface area (Å²) in [5.74, 6) is 0. The molecule has 0 fully saturated rings. The van der Waals surface area contributed by atoms with E-state index in [-0.39, 0.29) is 6.04 Å². The minimum Gasteiger partial charge on any atom is -0.337 e. The summed E-state index contributed by atoms with van der Waals surface area (Å²) >= 11 is 0. The summed E-state index contributed by atoms with van der Waals surface area (Å²) in [7, 11) is 0. The zero-order valence-electron chi connectivity index (χ0n) is 10.0. The van der Waals surface area contributed by atoms with Gasteiger partial charge in [-0.3, -0.25) is 4.68 Å². The highest BCUT2D eigenvalue weighted by Gasteiger charge is 2.07. The minimum absolute atomic E-state index is 0.00241. The zero-order chi connectivity index (χ0) is 12.1. The van der Waals surface area contributed by atoms with Crippen molar-refractivity contribution in [1.29, 1.82) is 0 Å². The van der Waals surface area contributed by atoms with Crippen LogP contribution in [0.3, 0.4) is 0 Å². The molecule has 6 heteroatoms. The highest BCUT2D eigenvalue weighted by atomic mass is 15.4. The third-order valence-corrected chi connectivity index (χ3v) is 2.74. The van der Waals surface area contributed by atoms with Crippen molar-refractivity contribution in [3.05, 3.63) is 30.6 Å². The molecule has 0 amide bonds. The molecule has 0 saturated carbocycles. The maximum Gasteiger partial charge on any atom is 0.0993 e. The highest BCUT2D eigenvalue weighted by Crippen LogP contribution is 2.09. The van der Waals surface area contributed by atoms with Gasteiger partial charge in [0.15, 0.2) is 0 Å². The summed E-state index contributed by atoms with van der Waals surface area (Å²) in [5.41, 5.74) is 6.76. The molecule has 0 saturated heterocycles. The maximum absolute atomic E-state index is 5.89. The monoisotopic (exact) mass is 234 g/mol. The van der Waals surface area contributed by atoms with E-state index in [9.17, 15) is 0 Å². The third-order valence-electron chi connectivity index (χ3n) is 2.74. The Morgan fingerprint density at radius 2 is 2.29 bits per heavy atom. The molecule has 1 atom stereocenters. The fourth-order valence-corrected chi connectivity index (χ4v) is 1.64.